The molecule has 198 valence electrons. The molecule has 1 aromatic carbocycles. The molecule has 4 rings (SSSR count). The Morgan fingerprint density at radius 1 is 0.889 bits per heavy atom. The number of rotatable bonds is 9. The van der Waals surface area contributed by atoms with E-state index < -0.39 is 14.2 Å². The molecule has 0 amide bonds. The third kappa shape index (κ3) is 6.46. The van der Waals surface area contributed by atoms with Gasteiger partial charge < -0.3 is 28.8 Å². The fourth-order valence-electron chi connectivity index (χ4n) is 5.47. The average Bonchev–Trinajstić information content (AvgIpc) is 2.89. The van der Waals surface area contributed by atoms with E-state index in [1.54, 1.807) is 0 Å². The molecule has 1 aliphatic carbocycles. The van der Waals surface area contributed by atoms with Crippen LogP contribution in [0.2, 0.25) is 0 Å². The van der Waals surface area contributed by atoms with Gasteiger partial charge in [0.15, 0.2) is 0 Å². The second-order valence-corrected chi connectivity index (χ2v) is 12.0. The van der Waals surface area contributed by atoms with Crippen LogP contribution < -0.4 is 10.9 Å². The third-order valence-corrected chi connectivity index (χ3v) is 7.92. The molecule has 0 spiro atoms. The molecule has 8 heteroatoms. The molecule has 2 aliphatic heterocycles. The zero-order valence-corrected chi connectivity index (χ0v) is 22.7. The zero-order valence-electron chi connectivity index (χ0n) is 22.7. The highest BCUT2D eigenvalue weighted by molar-refractivity contribution is 6.66. The number of benzene rings is 1. The molecule has 1 aromatic rings. The summed E-state index contributed by atoms with van der Waals surface area (Å²) in [5.41, 5.74) is 5.22. The summed E-state index contributed by atoms with van der Waals surface area (Å²) in [5.74, 6) is 0.241. The number of aliphatic hydroxyl groups is 2. The molecule has 2 saturated heterocycles. The van der Waals surface area contributed by atoms with Gasteiger partial charge in [-0.25, -0.2) is 0 Å². The van der Waals surface area contributed by atoms with Gasteiger partial charge in [-0.3, -0.25) is 0 Å². The molecule has 0 radical (unpaired) electrons. The molecule has 1 unspecified atom stereocenters. The largest absolute Gasteiger partial charge is 0.494 e. The predicted molar refractivity (Wildman–Crippen MR) is 145 cm³/mol. The quantitative estimate of drug-likeness (QED) is 0.310. The van der Waals surface area contributed by atoms with Gasteiger partial charge >= 0.3 is 14.2 Å². The van der Waals surface area contributed by atoms with Crippen LogP contribution in [-0.4, -0.2) is 64.1 Å². The van der Waals surface area contributed by atoms with Crippen molar-refractivity contribution >= 4 is 25.2 Å². The summed E-state index contributed by atoms with van der Waals surface area (Å²) >= 11 is 0. The van der Waals surface area contributed by atoms with Crippen molar-refractivity contribution in [2.75, 3.05) is 39.6 Å². The lowest BCUT2D eigenvalue weighted by Gasteiger charge is -2.38. The maximum atomic E-state index is 9.82. The van der Waals surface area contributed by atoms with E-state index >= 15 is 0 Å². The summed E-state index contributed by atoms with van der Waals surface area (Å²) in [5, 5.41) is 19.6. The van der Waals surface area contributed by atoms with Crippen LogP contribution in [0.25, 0.3) is 0 Å². The number of hydrogen-bond donors (Lipinski definition) is 2. The Morgan fingerprint density at radius 3 is 1.86 bits per heavy atom. The molecule has 1 atom stereocenters. The van der Waals surface area contributed by atoms with E-state index in [2.05, 4.69) is 32.1 Å². The van der Waals surface area contributed by atoms with Gasteiger partial charge in [0.1, 0.15) is 0 Å². The summed E-state index contributed by atoms with van der Waals surface area (Å²) in [7, 11) is -0.960. The maximum Gasteiger partial charge on any atom is 0.494 e. The van der Waals surface area contributed by atoms with Gasteiger partial charge in [0.25, 0.3) is 0 Å². The van der Waals surface area contributed by atoms with Crippen molar-refractivity contribution in [3.05, 3.63) is 34.9 Å². The molecule has 0 aromatic heterocycles. The van der Waals surface area contributed by atoms with Crippen molar-refractivity contribution in [1.82, 2.24) is 0 Å². The van der Waals surface area contributed by atoms with Gasteiger partial charge in [-0.05, 0) is 61.1 Å². The van der Waals surface area contributed by atoms with Gasteiger partial charge in [0.05, 0.1) is 13.2 Å². The van der Waals surface area contributed by atoms with E-state index in [0.717, 1.165) is 43.0 Å². The van der Waals surface area contributed by atoms with E-state index in [-0.39, 0.29) is 30.0 Å². The number of unbranched alkanes of at least 4 members (excludes halogenated alkanes) is 2. The lowest BCUT2D eigenvalue weighted by molar-refractivity contribution is -0.0148. The van der Waals surface area contributed by atoms with Gasteiger partial charge in [-0.2, -0.15) is 0 Å². The van der Waals surface area contributed by atoms with E-state index in [4.69, 9.17) is 18.6 Å². The number of aryl methyl sites for hydroxylation is 1. The van der Waals surface area contributed by atoms with Gasteiger partial charge in [-0.1, -0.05) is 57.4 Å². The minimum Gasteiger partial charge on any atom is -0.407 e. The Balaban J connectivity index is 1.76. The molecule has 2 fully saturated rings. The summed E-state index contributed by atoms with van der Waals surface area (Å²) in [6.45, 7) is 10.3. The Bertz CT molecular complexity index is 852. The number of allylic oxidation sites excluding steroid dienone is 2. The first-order chi connectivity index (χ1) is 17.3. The Hall–Kier alpha value is -1.15. The van der Waals surface area contributed by atoms with Crippen LogP contribution in [0.3, 0.4) is 0 Å². The SMILES string of the molecule is CCCCCc1cc(B2OCC(C)(CO)CO2)c(C2C=C(C)CCC2)c(B2OCC(C)(CO)CO2)c1. The first kappa shape index (κ1) is 27.9. The first-order valence-electron chi connectivity index (χ1n) is 13.8. The van der Waals surface area contributed by atoms with Crippen molar-refractivity contribution in [3.8, 4) is 0 Å². The van der Waals surface area contributed by atoms with Crippen molar-refractivity contribution in [2.24, 2.45) is 10.8 Å². The minimum atomic E-state index is -0.480. The van der Waals surface area contributed by atoms with Crippen LogP contribution in [0.4, 0.5) is 0 Å². The molecule has 0 saturated carbocycles. The van der Waals surface area contributed by atoms with Crippen LogP contribution in [0.5, 0.6) is 0 Å². The van der Waals surface area contributed by atoms with Gasteiger partial charge in [-0.15, -0.1) is 0 Å². The van der Waals surface area contributed by atoms with Gasteiger partial charge in [0, 0.05) is 43.2 Å². The number of aliphatic hydroxyl groups excluding tert-OH is 2. The highest BCUT2D eigenvalue weighted by atomic mass is 16.6. The van der Waals surface area contributed by atoms with Crippen molar-refractivity contribution in [3.63, 3.8) is 0 Å². The molecule has 2 N–H and O–H groups in total. The van der Waals surface area contributed by atoms with Crippen LogP contribution in [0, 0.1) is 10.8 Å². The van der Waals surface area contributed by atoms with Crippen molar-refractivity contribution < 1.29 is 28.8 Å². The summed E-state index contributed by atoms with van der Waals surface area (Å²) in [6, 6.07) is 4.55. The topological polar surface area (TPSA) is 77.4 Å². The summed E-state index contributed by atoms with van der Waals surface area (Å²) in [4.78, 5) is 0. The molecule has 6 nitrogen and oxygen atoms in total. The van der Waals surface area contributed by atoms with Crippen LogP contribution >= 0.6 is 0 Å². The highest BCUT2D eigenvalue weighted by Gasteiger charge is 2.42. The van der Waals surface area contributed by atoms with E-state index in [1.165, 1.54) is 29.5 Å². The zero-order chi connectivity index (χ0) is 25.8. The Morgan fingerprint density at radius 2 is 1.42 bits per heavy atom. The Labute approximate surface area is 218 Å². The smallest absolute Gasteiger partial charge is 0.407 e. The van der Waals surface area contributed by atoms with Crippen LogP contribution in [0.15, 0.2) is 23.8 Å². The third-order valence-electron chi connectivity index (χ3n) is 7.92. The molecule has 2 heterocycles. The average molecular weight is 498 g/mol. The molecule has 3 aliphatic rings. The van der Waals surface area contributed by atoms with Crippen molar-refractivity contribution in [1.29, 1.82) is 0 Å². The highest BCUT2D eigenvalue weighted by Crippen LogP contribution is 2.32. The summed E-state index contributed by atoms with van der Waals surface area (Å²) < 4.78 is 25.1. The lowest BCUT2D eigenvalue weighted by Crippen LogP contribution is -2.55. The fourth-order valence-corrected chi connectivity index (χ4v) is 5.47. The molecule has 36 heavy (non-hydrogen) atoms. The fraction of sp³-hybridized carbons (Fsp3) is 0.714. The lowest BCUT2D eigenvalue weighted by atomic mass is 9.61. The molecule has 0 bridgehead atoms. The standard InChI is InChI=1S/C28H44B2O6/c1-5-6-7-10-22-13-24(29-33-17-27(3,15-31)18-34-29)26(23-11-8-9-21(2)12-23)25(14-22)30-35-19-28(4,16-32)20-36-30/h12-14,23,31-32H,5-11,15-20H2,1-4H3. The normalized spacial score (nSPS) is 24.1. The molecular formula is C28H44B2O6. The van der Waals surface area contributed by atoms with E-state index in [0.29, 0.717) is 26.4 Å². The van der Waals surface area contributed by atoms with Crippen molar-refractivity contribution in [2.45, 2.75) is 78.6 Å². The Kier molecular flexibility index (Phi) is 9.40. The monoisotopic (exact) mass is 498 g/mol. The van der Waals surface area contributed by atoms with Gasteiger partial charge in [0.2, 0.25) is 0 Å². The number of hydrogen-bond acceptors (Lipinski definition) is 6. The second kappa shape index (κ2) is 12.1. The first-order valence-corrected chi connectivity index (χ1v) is 13.8. The van der Waals surface area contributed by atoms with Crippen LogP contribution in [-0.2, 0) is 25.0 Å². The maximum absolute atomic E-state index is 9.82. The predicted octanol–water partition coefficient (Wildman–Crippen LogP) is 3.11. The van der Waals surface area contributed by atoms with E-state index in [1.807, 2.05) is 13.8 Å². The van der Waals surface area contributed by atoms with Crippen LogP contribution in [0.1, 0.15) is 83.3 Å². The summed E-state index contributed by atoms with van der Waals surface area (Å²) in [6.07, 6.45) is 10.2. The minimum absolute atomic E-state index is 0.0345. The molecular weight excluding hydrogens is 454 g/mol. The second-order valence-electron chi connectivity index (χ2n) is 12.0. The van der Waals surface area contributed by atoms with E-state index in [9.17, 15) is 10.2 Å².